The van der Waals surface area contributed by atoms with Gasteiger partial charge in [-0.3, -0.25) is 0 Å². The van der Waals surface area contributed by atoms with Crippen molar-refractivity contribution in [1.29, 1.82) is 0 Å². The molecule has 1 nitrogen and oxygen atoms in total. The maximum Gasteiger partial charge on any atom is 0.152 e. The summed E-state index contributed by atoms with van der Waals surface area (Å²) in [5.74, 6) is -0.303. The molecule has 0 aromatic rings. The molecule has 0 amide bonds. The van der Waals surface area contributed by atoms with Gasteiger partial charge in [-0.25, -0.2) is 8.78 Å². The van der Waals surface area contributed by atoms with Crippen molar-refractivity contribution in [2.24, 2.45) is 5.73 Å². The van der Waals surface area contributed by atoms with Crippen LogP contribution in [0.15, 0.2) is 11.9 Å². The van der Waals surface area contributed by atoms with Gasteiger partial charge in [0.15, 0.2) is 6.30 Å². The minimum atomic E-state index is -1.43. The van der Waals surface area contributed by atoms with Crippen molar-refractivity contribution in [2.75, 3.05) is 0 Å². The van der Waals surface area contributed by atoms with Crippen molar-refractivity contribution < 1.29 is 8.78 Å². The van der Waals surface area contributed by atoms with E-state index < -0.39 is 6.30 Å². The Kier molecular flexibility index (Phi) is 4.22. The SMILES string of the molecule is CC/C(F)=C\CC(N)F. The molecule has 1 atom stereocenters. The van der Waals surface area contributed by atoms with Crippen LogP contribution >= 0.6 is 0 Å². The van der Waals surface area contributed by atoms with E-state index in [9.17, 15) is 8.78 Å². The quantitative estimate of drug-likeness (QED) is 0.587. The summed E-state index contributed by atoms with van der Waals surface area (Å²) in [6.07, 6.45) is 0.0270. The van der Waals surface area contributed by atoms with Crippen molar-refractivity contribution in [3.63, 3.8) is 0 Å². The van der Waals surface area contributed by atoms with Gasteiger partial charge >= 0.3 is 0 Å². The van der Waals surface area contributed by atoms with E-state index in [1.165, 1.54) is 6.08 Å². The molecule has 0 aliphatic carbocycles. The monoisotopic (exact) mass is 135 g/mol. The number of alkyl halides is 1. The fourth-order valence-electron chi connectivity index (χ4n) is 0.385. The normalized spacial score (nSPS) is 15.8. The molecule has 0 spiro atoms. The summed E-state index contributed by atoms with van der Waals surface area (Å²) in [5.41, 5.74) is 4.72. The van der Waals surface area contributed by atoms with Crippen LogP contribution in [0.25, 0.3) is 0 Å². The van der Waals surface area contributed by atoms with Crippen molar-refractivity contribution in [3.8, 4) is 0 Å². The van der Waals surface area contributed by atoms with Gasteiger partial charge in [0.1, 0.15) is 0 Å². The third-order valence-electron chi connectivity index (χ3n) is 0.902. The fraction of sp³-hybridized carbons (Fsp3) is 0.667. The first kappa shape index (κ1) is 8.56. The summed E-state index contributed by atoms with van der Waals surface area (Å²) in [6, 6.07) is 0. The summed E-state index contributed by atoms with van der Waals surface area (Å²) < 4.78 is 23.9. The number of allylic oxidation sites excluding steroid dienone is 1. The largest absolute Gasteiger partial charge is 0.301 e. The molecule has 0 rings (SSSR count). The minimum absolute atomic E-state index is 0.0281. The number of halogens is 2. The Morgan fingerprint density at radius 2 is 2.33 bits per heavy atom. The highest BCUT2D eigenvalue weighted by Crippen LogP contribution is 2.03. The van der Waals surface area contributed by atoms with Crippen LogP contribution in [0, 0.1) is 0 Å². The fourth-order valence-corrected chi connectivity index (χ4v) is 0.385. The van der Waals surface area contributed by atoms with Crippen LogP contribution in [0.4, 0.5) is 8.78 Å². The predicted molar refractivity (Wildman–Crippen MR) is 33.2 cm³/mol. The van der Waals surface area contributed by atoms with Gasteiger partial charge in [-0.05, 0) is 12.5 Å². The molecule has 0 heterocycles. The first-order valence-corrected chi connectivity index (χ1v) is 2.91. The second kappa shape index (κ2) is 4.44. The molecule has 0 saturated carbocycles. The molecule has 0 aliphatic heterocycles. The van der Waals surface area contributed by atoms with Gasteiger partial charge in [0, 0.05) is 6.42 Å². The lowest BCUT2D eigenvalue weighted by Crippen LogP contribution is -2.10. The molecule has 0 bridgehead atoms. The molecule has 0 aromatic heterocycles. The molecule has 9 heavy (non-hydrogen) atoms. The topological polar surface area (TPSA) is 26.0 Å². The predicted octanol–water partition coefficient (Wildman–Crippen LogP) is 1.89. The van der Waals surface area contributed by atoms with E-state index >= 15 is 0 Å². The van der Waals surface area contributed by atoms with Crippen LogP contribution < -0.4 is 5.73 Å². The second-order valence-corrected chi connectivity index (χ2v) is 1.76. The first-order valence-electron chi connectivity index (χ1n) is 2.91. The highest BCUT2D eigenvalue weighted by Gasteiger charge is 1.94. The molecule has 54 valence electrons. The molecular formula is C6H11F2N. The molecule has 0 aliphatic rings. The zero-order valence-corrected chi connectivity index (χ0v) is 5.40. The number of rotatable bonds is 3. The van der Waals surface area contributed by atoms with Crippen LogP contribution in [0.1, 0.15) is 19.8 Å². The van der Waals surface area contributed by atoms with Crippen LogP contribution in [0.2, 0.25) is 0 Å². The zero-order chi connectivity index (χ0) is 7.28. The van der Waals surface area contributed by atoms with Crippen LogP contribution in [-0.2, 0) is 0 Å². The molecule has 3 heteroatoms. The summed E-state index contributed by atoms with van der Waals surface area (Å²) in [7, 11) is 0. The van der Waals surface area contributed by atoms with Gasteiger partial charge in [0.25, 0.3) is 0 Å². The van der Waals surface area contributed by atoms with Crippen molar-refractivity contribution in [1.82, 2.24) is 0 Å². The van der Waals surface area contributed by atoms with Gasteiger partial charge in [-0.15, -0.1) is 0 Å². The number of nitrogens with two attached hydrogens (primary N) is 1. The Labute approximate surface area is 53.5 Å². The summed E-state index contributed by atoms with van der Waals surface area (Å²) in [6.45, 7) is 1.66. The van der Waals surface area contributed by atoms with Crippen molar-refractivity contribution in [3.05, 3.63) is 11.9 Å². The third kappa shape index (κ3) is 5.43. The highest BCUT2D eigenvalue weighted by atomic mass is 19.1. The van der Waals surface area contributed by atoms with Gasteiger partial charge in [-0.2, -0.15) is 0 Å². The molecule has 2 N–H and O–H groups in total. The van der Waals surface area contributed by atoms with E-state index in [0.717, 1.165) is 0 Å². The lowest BCUT2D eigenvalue weighted by molar-refractivity contribution is 0.345. The molecule has 1 unspecified atom stereocenters. The zero-order valence-electron chi connectivity index (χ0n) is 5.40. The molecule has 0 aromatic carbocycles. The molecule has 0 saturated heterocycles. The van der Waals surface area contributed by atoms with Gasteiger partial charge in [0.05, 0.1) is 5.83 Å². The van der Waals surface area contributed by atoms with Gasteiger partial charge in [-0.1, -0.05) is 6.92 Å². The summed E-state index contributed by atoms with van der Waals surface area (Å²) >= 11 is 0. The maximum atomic E-state index is 12.1. The van der Waals surface area contributed by atoms with Crippen LogP contribution in [0.5, 0.6) is 0 Å². The lowest BCUT2D eigenvalue weighted by Gasteiger charge is -1.94. The van der Waals surface area contributed by atoms with Crippen molar-refractivity contribution >= 4 is 0 Å². The highest BCUT2D eigenvalue weighted by molar-refractivity contribution is 4.90. The van der Waals surface area contributed by atoms with E-state index in [-0.39, 0.29) is 12.2 Å². The van der Waals surface area contributed by atoms with E-state index in [2.05, 4.69) is 0 Å². The first-order chi connectivity index (χ1) is 4.16. The summed E-state index contributed by atoms with van der Waals surface area (Å²) in [5, 5.41) is 0. The van der Waals surface area contributed by atoms with Crippen LogP contribution in [0.3, 0.4) is 0 Å². The smallest absolute Gasteiger partial charge is 0.152 e. The average molecular weight is 135 g/mol. The third-order valence-corrected chi connectivity index (χ3v) is 0.902. The standard InChI is InChI=1S/C6H11F2N/c1-2-5(7)3-4-6(8)9/h3,6H,2,4,9H2,1H3/b5-3+. The van der Waals surface area contributed by atoms with E-state index in [4.69, 9.17) is 5.73 Å². The number of hydrogen-bond donors (Lipinski definition) is 1. The van der Waals surface area contributed by atoms with E-state index in [1.54, 1.807) is 6.92 Å². The number of hydrogen-bond acceptors (Lipinski definition) is 1. The van der Waals surface area contributed by atoms with Gasteiger partial charge < -0.3 is 5.73 Å². The Morgan fingerprint density at radius 3 is 2.67 bits per heavy atom. The van der Waals surface area contributed by atoms with E-state index in [0.29, 0.717) is 6.42 Å². The molecular weight excluding hydrogens is 124 g/mol. The van der Waals surface area contributed by atoms with E-state index in [1.807, 2.05) is 0 Å². The lowest BCUT2D eigenvalue weighted by atomic mass is 10.3. The minimum Gasteiger partial charge on any atom is -0.301 e. The Morgan fingerprint density at radius 1 is 1.78 bits per heavy atom. The van der Waals surface area contributed by atoms with Crippen molar-refractivity contribution in [2.45, 2.75) is 26.1 Å². The van der Waals surface area contributed by atoms with Gasteiger partial charge in [0.2, 0.25) is 0 Å². The Balaban J connectivity index is 3.43. The van der Waals surface area contributed by atoms with Crippen LogP contribution in [-0.4, -0.2) is 6.30 Å². The summed E-state index contributed by atoms with van der Waals surface area (Å²) in [4.78, 5) is 0. The second-order valence-electron chi connectivity index (χ2n) is 1.76. The average Bonchev–Trinajstić information content (AvgIpc) is 1.83. The Hall–Kier alpha value is -0.440. The Bertz CT molecular complexity index is 99.2. The molecule has 0 radical (unpaired) electrons. The maximum absolute atomic E-state index is 12.1. The molecule has 0 fully saturated rings.